The van der Waals surface area contributed by atoms with Crippen LogP contribution in [0.1, 0.15) is 34.2 Å². The van der Waals surface area contributed by atoms with E-state index in [1.54, 1.807) is 42.5 Å². The van der Waals surface area contributed by atoms with Crippen molar-refractivity contribution in [1.82, 2.24) is 9.88 Å². The zero-order valence-corrected chi connectivity index (χ0v) is 20.4. The SMILES string of the molecule is CN(C)C(=O)CCSC(SCCC(=O)[O-])c1cccc(/C=C/c2ccc3ccccc3n2)c1. The summed E-state index contributed by atoms with van der Waals surface area (Å²) < 4.78 is 0.0338. The fourth-order valence-electron chi connectivity index (χ4n) is 3.13. The lowest BCUT2D eigenvalue weighted by Gasteiger charge is -2.18. The van der Waals surface area contributed by atoms with Crippen molar-refractivity contribution in [2.24, 2.45) is 0 Å². The van der Waals surface area contributed by atoms with Crippen LogP contribution < -0.4 is 5.11 Å². The number of aliphatic carboxylic acids is 1. The Hall–Kier alpha value is -2.77. The summed E-state index contributed by atoms with van der Waals surface area (Å²) in [6.45, 7) is 0. The molecule has 0 fully saturated rings. The number of para-hydroxylation sites is 1. The van der Waals surface area contributed by atoms with Gasteiger partial charge in [0.05, 0.1) is 15.8 Å². The largest absolute Gasteiger partial charge is 0.550 e. The highest BCUT2D eigenvalue weighted by Crippen LogP contribution is 2.40. The molecule has 3 rings (SSSR count). The number of fused-ring (bicyclic) bond motifs is 1. The van der Waals surface area contributed by atoms with Gasteiger partial charge >= 0.3 is 0 Å². The fraction of sp³-hybridized carbons (Fsp3) is 0.269. The molecule has 0 bridgehead atoms. The molecule has 5 nitrogen and oxygen atoms in total. The predicted molar refractivity (Wildman–Crippen MR) is 138 cm³/mol. The quantitative estimate of drug-likeness (QED) is 0.377. The first-order chi connectivity index (χ1) is 15.9. The van der Waals surface area contributed by atoms with Gasteiger partial charge in [-0.25, -0.2) is 4.98 Å². The van der Waals surface area contributed by atoms with Crippen LogP contribution in [0.5, 0.6) is 0 Å². The van der Waals surface area contributed by atoms with Gasteiger partial charge in [-0.3, -0.25) is 4.79 Å². The van der Waals surface area contributed by atoms with Gasteiger partial charge in [0.15, 0.2) is 0 Å². The van der Waals surface area contributed by atoms with E-state index >= 15 is 0 Å². The van der Waals surface area contributed by atoms with Crippen LogP contribution in [0.25, 0.3) is 23.1 Å². The highest BCUT2D eigenvalue weighted by Gasteiger charge is 2.14. The van der Waals surface area contributed by atoms with Gasteiger partial charge in [0, 0.05) is 37.6 Å². The zero-order valence-electron chi connectivity index (χ0n) is 18.8. The molecule has 1 heterocycles. The lowest BCUT2D eigenvalue weighted by molar-refractivity contribution is -0.305. The van der Waals surface area contributed by atoms with Gasteiger partial charge in [-0.2, -0.15) is 0 Å². The first-order valence-corrected chi connectivity index (χ1v) is 12.8. The molecule has 1 aromatic heterocycles. The number of carboxylic acid groups (broad SMARTS) is 1. The minimum Gasteiger partial charge on any atom is -0.550 e. The molecule has 0 saturated heterocycles. The van der Waals surface area contributed by atoms with E-state index in [0.717, 1.165) is 27.7 Å². The number of amides is 1. The van der Waals surface area contributed by atoms with Crippen LogP contribution in [0.2, 0.25) is 0 Å². The molecule has 0 saturated carbocycles. The van der Waals surface area contributed by atoms with E-state index in [2.05, 4.69) is 17.1 Å². The summed E-state index contributed by atoms with van der Waals surface area (Å²) in [6.07, 6.45) is 4.48. The Labute approximate surface area is 203 Å². The average Bonchev–Trinajstić information content (AvgIpc) is 2.81. The number of nitrogens with zero attached hydrogens (tertiary/aromatic N) is 2. The van der Waals surface area contributed by atoms with E-state index in [0.29, 0.717) is 17.9 Å². The third-order valence-electron chi connectivity index (χ3n) is 4.91. The lowest BCUT2D eigenvalue weighted by Crippen LogP contribution is -2.22. The number of rotatable bonds is 11. The van der Waals surface area contributed by atoms with Crippen molar-refractivity contribution < 1.29 is 14.7 Å². The molecular formula is C26H27N2O3S2-. The van der Waals surface area contributed by atoms with Gasteiger partial charge in [-0.15, -0.1) is 23.5 Å². The van der Waals surface area contributed by atoms with Crippen molar-refractivity contribution >= 4 is 58.5 Å². The highest BCUT2D eigenvalue weighted by atomic mass is 32.2. The van der Waals surface area contributed by atoms with Crippen LogP contribution >= 0.6 is 23.5 Å². The summed E-state index contributed by atoms with van der Waals surface area (Å²) in [5, 5.41) is 12.0. The Kier molecular flexibility index (Phi) is 9.39. The number of hydrogen-bond acceptors (Lipinski definition) is 6. The summed E-state index contributed by atoms with van der Waals surface area (Å²) in [7, 11) is 3.50. The molecule has 0 spiro atoms. The van der Waals surface area contributed by atoms with Crippen molar-refractivity contribution in [3.8, 4) is 0 Å². The first kappa shape index (κ1) is 24.9. The predicted octanol–water partition coefficient (Wildman–Crippen LogP) is 4.49. The number of carbonyl (C=O) groups is 2. The Bertz CT molecular complexity index is 1130. The van der Waals surface area contributed by atoms with Crippen LogP contribution in [0, 0.1) is 0 Å². The Balaban J connectivity index is 1.72. The molecule has 0 aliphatic heterocycles. The third kappa shape index (κ3) is 7.94. The molecule has 172 valence electrons. The van der Waals surface area contributed by atoms with E-state index < -0.39 is 5.97 Å². The Morgan fingerprint density at radius 1 is 0.970 bits per heavy atom. The van der Waals surface area contributed by atoms with E-state index in [4.69, 9.17) is 0 Å². The normalized spacial score (nSPS) is 12.2. The number of carbonyl (C=O) groups excluding carboxylic acids is 2. The molecule has 33 heavy (non-hydrogen) atoms. The molecule has 1 unspecified atom stereocenters. The summed E-state index contributed by atoms with van der Waals surface area (Å²) in [4.78, 5) is 29.1. The molecule has 2 aromatic carbocycles. The molecule has 1 atom stereocenters. The summed E-state index contributed by atoms with van der Waals surface area (Å²) >= 11 is 3.23. The number of benzene rings is 2. The van der Waals surface area contributed by atoms with E-state index in [9.17, 15) is 14.7 Å². The molecule has 3 aromatic rings. The maximum absolute atomic E-state index is 11.9. The van der Waals surface area contributed by atoms with Gasteiger partial charge in [0.1, 0.15) is 0 Å². The van der Waals surface area contributed by atoms with Crippen molar-refractivity contribution in [1.29, 1.82) is 0 Å². The molecular weight excluding hydrogens is 452 g/mol. The second-order valence-electron chi connectivity index (χ2n) is 7.67. The molecule has 7 heteroatoms. The Morgan fingerprint density at radius 3 is 2.48 bits per heavy atom. The number of pyridine rings is 1. The monoisotopic (exact) mass is 479 g/mol. The van der Waals surface area contributed by atoms with Gasteiger partial charge in [0.25, 0.3) is 0 Å². The van der Waals surface area contributed by atoms with Crippen LogP contribution in [0.4, 0.5) is 0 Å². The van der Waals surface area contributed by atoms with Crippen LogP contribution in [-0.2, 0) is 9.59 Å². The number of aromatic nitrogens is 1. The van der Waals surface area contributed by atoms with Gasteiger partial charge in [0.2, 0.25) is 5.91 Å². The van der Waals surface area contributed by atoms with Crippen LogP contribution in [0.3, 0.4) is 0 Å². The first-order valence-electron chi connectivity index (χ1n) is 10.7. The fourth-order valence-corrected chi connectivity index (χ4v) is 5.78. The summed E-state index contributed by atoms with van der Waals surface area (Å²) in [6, 6.07) is 20.3. The minimum atomic E-state index is -1.05. The van der Waals surface area contributed by atoms with Crippen molar-refractivity contribution in [2.45, 2.75) is 17.4 Å². The van der Waals surface area contributed by atoms with Crippen molar-refractivity contribution in [3.63, 3.8) is 0 Å². The highest BCUT2D eigenvalue weighted by molar-refractivity contribution is 8.16. The van der Waals surface area contributed by atoms with E-state index in [1.165, 1.54) is 0 Å². The lowest BCUT2D eigenvalue weighted by atomic mass is 10.1. The number of thioether (sulfide) groups is 2. The molecule has 0 radical (unpaired) electrons. The van der Waals surface area contributed by atoms with E-state index in [-0.39, 0.29) is 16.9 Å². The maximum Gasteiger partial charge on any atom is 0.222 e. The van der Waals surface area contributed by atoms with Crippen molar-refractivity contribution in [3.05, 3.63) is 77.5 Å². The molecule has 0 aliphatic rings. The van der Waals surface area contributed by atoms with Gasteiger partial charge in [-0.05, 0) is 47.6 Å². The number of carboxylic acids is 1. The zero-order chi connectivity index (χ0) is 23.6. The molecule has 1 amide bonds. The standard InChI is InChI=1S/C26H28N2O3S2/c1-28(2)24(29)14-16-32-26(33-17-15-25(30)31)21-8-5-6-19(18-21)10-12-22-13-11-20-7-3-4-9-23(20)27-22/h3-13,18,26H,14-17H2,1-2H3,(H,30,31)/p-1/b12-10+. The Morgan fingerprint density at radius 2 is 1.73 bits per heavy atom. The maximum atomic E-state index is 11.9. The van der Waals surface area contributed by atoms with Crippen LogP contribution in [-0.4, -0.2) is 47.4 Å². The summed E-state index contributed by atoms with van der Waals surface area (Å²) in [5.41, 5.74) is 3.98. The van der Waals surface area contributed by atoms with Crippen LogP contribution in [0.15, 0.2) is 60.7 Å². The smallest absolute Gasteiger partial charge is 0.222 e. The average molecular weight is 480 g/mol. The number of hydrogen-bond donors (Lipinski definition) is 0. The second-order valence-corrected chi connectivity index (χ2v) is 10.4. The second kappa shape index (κ2) is 12.5. The minimum absolute atomic E-state index is 0.00554. The third-order valence-corrected chi connectivity index (χ3v) is 7.75. The van der Waals surface area contributed by atoms with Gasteiger partial charge < -0.3 is 14.8 Å². The van der Waals surface area contributed by atoms with Crippen molar-refractivity contribution in [2.75, 3.05) is 25.6 Å². The molecule has 0 N–H and O–H groups in total. The van der Waals surface area contributed by atoms with E-state index in [1.807, 2.05) is 60.7 Å². The summed E-state index contributed by atoms with van der Waals surface area (Å²) in [5.74, 6) is 0.165. The topological polar surface area (TPSA) is 73.3 Å². The molecule has 0 aliphatic carbocycles. The van der Waals surface area contributed by atoms with Gasteiger partial charge in [-0.1, -0.05) is 48.5 Å².